The number of carbonyl (C=O) groups is 1. The highest BCUT2D eigenvalue weighted by Gasteiger charge is 2.25. The maximum Gasteiger partial charge on any atom is 0.317 e. The molecule has 2 amide bonds. The molecule has 1 aromatic carbocycles. The molecule has 2 N–H and O–H groups in total. The van der Waals surface area contributed by atoms with E-state index in [0.717, 1.165) is 23.3 Å². The van der Waals surface area contributed by atoms with Gasteiger partial charge in [0.15, 0.2) is 0 Å². The van der Waals surface area contributed by atoms with Crippen LogP contribution in [0.3, 0.4) is 0 Å². The van der Waals surface area contributed by atoms with E-state index < -0.39 is 0 Å². The average Bonchev–Trinajstić information content (AvgIpc) is 3.16. The van der Waals surface area contributed by atoms with Gasteiger partial charge in [-0.15, -0.1) is 0 Å². The summed E-state index contributed by atoms with van der Waals surface area (Å²) in [5.41, 5.74) is 2.04. The number of amides is 2. The van der Waals surface area contributed by atoms with E-state index in [1.54, 1.807) is 4.90 Å². The van der Waals surface area contributed by atoms with Crippen molar-refractivity contribution in [1.82, 2.24) is 19.8 Å². The lowest BCUT2D eigenvalue weighted by Gasteiger charge is -2.18. The third-order valence-corrected chi connectivity index (χ3v) is 4.41. The number of aliphatic hydroxyl groups excluding tert-OH is 1. The average molecular weight is 316 g/mol. The van der Waals surface area contributed by atoms with Crippen LogP contribution in [0.25, 0.3) is 11.0 Å². The van der Waals surface area contributed by atoms with Crippen molar-refractivity contribution in [2.45, 2.75) is 32.9 Å². The number of likely N-dealkylation sites (tertiary alicyclic amines) is 1. The SMILES string of the molecule is CC(C)n1c(CNC(=O)N2CC[C@@H](CO)C2)nc2ccccc21. The fourth-order valence-corrected chi connectivity index (χ4v) is 3.23. The maximum atomic E-state index is 12.3. The molecule has 1 aromatic heterocycles. The van der Waals surface area contributed by atoms with Crippen molar-refractivity contribution >= 4 is 17.1 Å². The molecule has 2 heterocycles. The maximum absolute atomic E-state index is 12.3. The van der Waals surface area contributed by atoms with Crippen LogP contribution in [0.5, 0.6) is 0 Å². The van der Waals surface area contributed by atoms with Crippen LogP contribution in [0.2, 0.25) is 0 Å². The topological polar surface area (TPSA) is 70.4 Å². The number of benzene rings is 1. The summed E-state index contributed by atoms with van der Waals surface area (Å²) in [7, 11) is 0. The van der Waals surface area contributed by atoms with Crippen LogP contribution in [0.15, 0.2) is 24.3 Å². The van der Waals surface area contributed by atoms with Crippen molar-refractivity contribution in [3.63, 3.8) is 0 Å². The summed E-state index contributed by atoms with van der Waals surface area (Å²) in [6, 6.07) is 8.22. The van der Waals surface area contributed by atoms with Gasteiger partial charge in [0.1, 0.15) is 5.82 Å². The van der Waals surface area contributed by atoms with Crippen molar-refractivity contribution in [3.05, 3.63) is 30.1 Å². The molecule has 1 aliphatic heterocycles. The highest BCUT2D eigenvalue weighted by atomic mass is 16.3. The number of imidazole rings is 1. The third-order valence-electron chi connectivity index (χ3n) is 4.41. The molecule has 2 aromatic rings. The van der Waals surface area contributed by atoms with Gasteiger partial charge in [-0.25, -0.2) is 9.78 Å². The molecule has 0 radical (unpaired) electrons. The lowest BCUT2D eigenvalue weighted by molar-refractivity contribution is 0.197. The number of nitrogens with one attached hydrogen (secondary N) is 1. The molecule has 0 unspecified atom stereocenters. The summed E-state index contributed by atoms with van der Waals surface area (Å²) in [6.07, 6.45) is 0.869. The van der Waals surface area contributed by atoms with E-state index in [2.05, 4.69) is 34.8 Å². The molecular weight excluding hydrogens is 292 g/mol. The zero-order chi connectivity index (χ0) is 16.4. The van der Waals surface area contributed by atoms with E-state index in [1.165, 1.54) is 0 Å². The number of para-hydroxylation sites is 2. The molecule has 3 rings (SSSR count). The number of urea groups is 1. The lowest BCUT2D eigenvalue weighted by atomic mass is 10.1. The molecule has 0 spiro atoms. The molecular formula is C17H24N4O2. The number of hydrogen-bond donors (Lipinski definition) is 2. The minimum Gasteiger partial charge on any atom is -0.396 e. The minimum atomic E-state index is -0.0803. The molecule has 1 atom stereocenters. The molecule has 1 aliphatic rings. The molecule has 1 saturated heterocycles. The smallest absolute Gasteiger partial charge is 0.317 e. The zero-order valence-electron chi connectivity index (χ0n) is 13.7. The van der Waals surface area contributed by atoms with E-state index in [1.807, 2.05) is 18.2 Å². The number of aromatic nitrogens is 2. The first-order valence-electron chi connectivity index (χ1n) is 8.19. The molecule has 0 aliphatic carbocycles. The summed E-state index contributed by atoms with van der Waals surface area (Å²) in [5, 5.41) is 12.1. The fourth-order valence-electron chi connectivity index (χ4n) is 3.23. The molecule has 0 saturated carbocycles. The molecule has 1 fully saturated rings. The highest BCUT2D eigenvalue weighted by molar-refractivity contribution is 5.77. The van der Waals surface area contributed by atoms with Crippen molar-refractivity contribution < 1.29 is 9.90 Å². The Kier molecular flexibility index (Phi) is 4.52. The first-order chi connectivity index (χ1) is 11.1. The van der Waals surface area contributed by atoms with Gasteiger partial charge in [0.25, 0.3) is 0 Å². The summed E-state index contributed by atoms with van der Waals surface area (Å²) < 4.78 is 2.16. The summed E-state index contributed by atoms with van der Waals surface area (Å²) >= 11 is 0. The van der Waals surface area contributed by atoms with Gasteiger partial charge in [0, 0.05) is 31.7 Å². The highest BCUT2D eigenvalue weighted by Crippen LogP contribution is 2.21. The molecule has 23 heavy (non-hydrogen) atoms. The van der Waals surface area contributed by atoms with Crippen LogP contribution >= 0.6 is 0 Å². The van der Waals surface area contributed by atoms with E-state index in [4.69, 9.17) is 0 Å². The minimum absolute atomic E-state index is 0.0803. The lowest BCUT2D eigenvalue weighted by Crippen LogP contribution is -2.38. The van der Waals surface area contributed by atoms with Crippen molar-refractivity contribution in [3.8, 4) is 0 Å². The third kappa shape index (κ3) is 3.17. The van der Waals surface area contributed by atoms with Gasteiger partial charge < -0.3 is 19.9 Å². The first-order valence-corrected chi connectivity index (χ1v) is 8.19. The van der Waals surface area contributed by atoms with Gasteiger partial charge in [0.05, 0.1) is 17.6 Å². The van der Waals surface area contributed by atoms with E-state index >= 15 is 0 Å². The Morgan fingerprint density at radius 2 is 2.22 bits per heavy atom. The van der Waals surface area contributed by atoms with Crippen LogP contribution < -0.4 is 5.32 Å². The molecule has 6 heteroatoms. The first kappa shape index (κ1) is 15.8. The number of aliphatic hydroxyl groups is 1. The number of nitrogens with zero attached hydrogens (tertiary/aromatic N) is 3. The number of fused-ring (bicyclic) bond motifs is 1. The quantitative estimate of drug-likeness (QED) is 0.908. The second-order valence-corrected chi connectivity index (χ2v) is 6.42. The second-order valence-electron chi connectivity index (χ2n) is 6.42. The Morgan fingerprint density at radius 1 is 1.43 bits per heavy atom. The number of carbonyl (C=O) groups excluding carboxylic acids is 1. The normalized spacial score (nSPS) is 18.1. The van der Waals surface area contributed by atoms with Gasteiger partial charge in [-0.05, 0) is 32.4 Å². The van der Waals surface area contributed by atoms with Crippen LogP contribution in [-0.2, 0) is 6.54 Å². The van der Waals surface area contributed by atoms with Crippen LogP contribution in [0.1, 0.15) is 32.1 Å². The van der Waals surface area contributed by atoms with E-state index in [-0.39, 0.29) is 24.6 Å². The molecule has 0 bridgehead atoms. The van der Waals surface area contributed by atoms with Crippen LogP contribution in [-0.4, -0.2) is 45.3 Å². The summed E-state index contributed by atoms with van der Waals surface area (Å²) in [5.74, 6) is 1.08. The molecule has 124 valence electrons. The monoisotopic (exact) mass is 316 g/mol. The van der Waals surface area contributed by atoms with Gasteiger partial charge >= 0.3 is 6.03 Å². The zero-order valence-corrected chi connectivity index (χ0v) is 13.7. The summed E-state index contributed by atoms with van der Waals surface area (Å²) in [6.45, 7) is 6.12. The predicted octanol–water partition coefficient (Wildman–Crippen LogP) is 2.14. The van der Waals surface area contributed by atoms with Crippen molar-refractivity contribution in [2.75, 3.05) is 19.7 Å². The van der Waals surface area contributed by atoms with Crippen LogP contribution in [0, 0.1) is 5.92 Å². The molecule has 6 nitrogen and oxygen atoms in total. The van der Waals surface area contributed by atoms with Gasteiger partial charge in [-0.2, -0.15) is 0 Å². The van der Waals surface area contributed by atoms with Crippen molar-refractivity contribution in [2.24, 2.45) is 5.92 Å². The van der Waals surface area contributed by atoms with E-state index in [0.29, 0.717) is 19.6 Å². The Bertz CT molecular complexity index is 695. The second kappa shape index (κ2) is 6.58. The van der Waals surface area contributed by atoms with Gasteiger partial charge in [-0.1, -0.05) is 12.1 Å². The number of rotatable bonds is 4. The van der Waals surface area contributed by atoms with Gasteiger partial charge in [-0.3, -0.25) is 0 Å². The van der Waals surface area contributed by atoms with Crippen molar-refractivity contribution in [1.29, 1.82) is 0 Å². The standard InChI is InChI=1S/C17H24N4O2/c1-12(2)21-15-6-4-3-5-14(15)19-16(21)9-18-17(23)20-8-7-13(10-20)11-22/h3-6,12-13,22H,7-11H2,1-2H3,(H,18,23)/t13-/m1/s1. The Balaban J connectivity index is 1.72. The van der Waals surface area contributed by atoms with E-state index in [9.17, 15) is 9.90 Å². The fraction of sp³-hybridized carbons (Fsp3) is 0.529. The number of hydrogen-bond acceptors (Lipinski definition) is 3. The predicted molar refractivity (Wildman–Crippen MR) is 89.1 cm³/mol. The van der Waals surface area contributed by atoms with Gasteiger partial charge in [0.2, 0.25) is 0 Å². The Morgan fingerprint density at radius 3 is 2.91 bits per heavy atom. The largest absolute Gasteiger partial charge is 0.396 e. The Hall–Kier alpha value is -2.08. The van der Waals surface area contributed by atoms with Crippen LogP contribution in [0.4, 0.5) is 4.79 Å². The Labute approximate surface area is 136 Å². The summed E-state index contributed by atoms with van der Waals surface area (Å²) in [4.78, 5) is 18.7.